The van der Waals surface area contributed by atoms with Crippen LogP contribution in [0.15, 0.2) is 59.5 Å². The smallest absolute Gasteiger partial charge is 0.265 e. The maximum atomic E-state index is 12.2. The number of thiocarbonyl (C=S) groups is 1. The van der Waals surface area contributed by atoms with Gasteiger partial charge in [0, 0.05) is 18.3 Å². The Morgan fingerprint density at radius 3 is 2.38 bits per heavy atom. The molecule has 1 aliphatic heterocycles. The van der Waals surface area contributed by atoms with Gasteiger partial charge in [-0.2, -0.15) is 0 Å². The molecule has 1 N–H and O–H groups in total. The lowest BCUT2D eigenvalue weighted by atomic mass is 10.1. The van der Waals surface area contributed by atoms with Gasteiger partial charge in [0.05, 0.1) is 4.91 Å². The van der Waals surface area contributed by atoms with Crippen LogP contribution in [0.3, 0.4) is 0 Å². The average Bonchev–Trinajstić information content (AvgIpc) is 2.83. The summed E-state index contributed by atoms with van der Waals surface area (Å²) in [5.41, 5.74) is 2.15. The van der Waals surface area contributed by atoms with E-state index in [-0.39, 0.29) is 11.8 Å². The van der Waals surface area contributed by atoms with Gasteiger partial charge in [-0.15, -0.1) is 0 Å². The van der Waals surface area contributed by atoms with E-state index in [0.29, 0.717) is 14.8 Å². The number of thioether (sulfide) groups is 1. The van der Waals surface area contributed by atoms with Gasteiger partial charge >= 0.3 is 0 Å². The SMILES string of the molecule is CN1C(=O)/C(=C\c2ccc(C(=O)Nc3ccccc3)cc2)SC1=S. The lowest BCUT2D eigenvalue weighted by molar-refractivity contribution is -0.121. The highest BCUT2D eigenvalue weighted by molar-refractivity contribution is 8.26. The molecular formula is C18H14N2O2S2. The molecule has 2 aromatic rings. The van der Waals surface area contributed by atoms with Crippen molar-refractivity contribution < 1.29 is 9.59 Å². The number of amides is 2. The molecule has 0 bridgehead atoms. The van der Waals surface area contributed by atoms with E-state index in [1.807, 2.05) is 42.5 Å². The molecule has 120 valence electrons. The van der Waals surface area contributed by atoms with E-state index in [0.717, 1.165) is 11.3 Å². The van der Waals surface area contributed by atoms with Crippen LogP contribution in [0, 0.1) is 0 Å². The molecule has 1 saturated heterocycles. The normalized spacial score (nSPS) is 15.9. The molecule has 2 amide bonds. The number of hydrogen-bond acceptors (Lipinski definition) is 4. The molecule has 6 heteroatoms. The minimum atomic E-state index is -0.173. The first kappa shape index (κ1) is 16.4. The molecule has 0 unspecified atom stereocenters. The van der Waals surface area contributed by atoms with Crippen molar-refractivity contribution in [3.8, 4) is 0 Å². The molecule has 0 saturated carbocycles. The number of benzene rings is 2. The van der Waals surface area contributed by atoms with Crippen LogP contribution in [0.4, 0.5) is 5.69 Å². The summed E-state index contributed by atoms with van der Waals surface area (Å²) in [6.07, 6.45) is 1.78. The summed E-state index contributed by atoms with van der Waals surface area (Å²) < 4.78 is 0.546. The van der Waals surface area contributed by atoms with Gasteiger partial charge in [0.2, 0.25) is 0 Å². The minimum absolute atomic E-state index is 0.101. The predicted octanol–water partition coefficient (Wildman–Crippen LogP) is 3.77. The summed E-state index contributed by atoms with van der Waals surface area (Å²) >= 11 is 6.38. The topological polar surface area (TPSA) is 49.4 Å². The van der Waals surface area contributed by atoms with Crippen LogP contribution in [-0.4, -0.2) is 28.1 Å². The van der Waals surface area contributed by atoms with E-state index in [2.05, 4.69) is 5.32 Å². The quantitative estimate of drug-likeness (QED) is 0.673. The summed E-state index contributed by atoms with van der Waals surface area (Å²) in [5.74, 6) is -0.275. The third-order valence-electron chi connectivity index (χ3n) is 3.49. The highest BCUT2D eigenvalue weighted by atomic mass is 32.2. The molecule has 0 spiro atoms. The monoisotopic (exact) mass is 354 g/mol. The highest BCUT2D eigenvalue weighted by Crippen LogP contribution is 2.31. The molecule has 1 fully saturated rings. The summed E-state index contributed by atoms with van der Waals surface area (Å²) in [6, 6.07) is 16.4. The molecule has 0 radical (unpaired) electrons. The minimum Gasteiger partial charge on any atom is -0.322 e. The van der Waals surface area contributed by atoms with Gasteiger partial charge in [-0.05, 0) is 35.9 Å². The van der Waals surface area contributed by atoms with Gasteiger partial charge in [-0.1, -0.05) is 54.3 Å². The van der Waals surface area contributed by atoms with Crippen LogP contribution >= 0.6 is 24.0 Å². The Hall–Kier alpha value is -2.44. The third kappa shape index (κ3) is 3.55. The second kappa shape index (κ2) is 6.98. The third-order valence-corrected chi connectivity index (χ3v) is 4.97. The number of carbonyl (C=O) groups excluding carboxylic acids is 2. The summed E-state index contributed by atoms with van der Waals surface area (Å²) in [7, 11) is 1.66. The molecule has 4 nitrogen and oxygen atoms in total. The number of hydrogen-bond donors (Lipinski definition) is 1. The molecule has 0 aliphatic carbocycles. The van der Waals surface area contributed by atoms with Gasteiger partial charge in [0.1, 0.15) is 4.32 Å². The Kier molecular flexibility index (Phi) is 4.78. The second-order valence-electron chi connectivity index (χ2n) is 5.18. The average molecular weight is 354 g/mol. The number of anilines is 1. The summed E-state index contributed by atoms with van der Waals surface area (Å²) in [4.78, 5) is 26.2. The van der Waals surface area contributed by atoms with Crippen molar-refractivity contribution in [2.75, 3.05) is 12.4 Å². The van der Waals surface area contributed by atoms with Crippen molar-refractivity contribution >= 4 is 51.9 Å². The fourth-order valence-electron chi connectivity index (χ4n) is 2.15. The Labute approximate surface area is 149 Å². The van der Waals surface area contributed by atoms with Gasteiger partial charge in [-0.25, -0.2) is 0 Å². The van der Waals surface area contributed by atoms with Crippen LogP contribution in [0.1, 0.15) is 15.9 Å². The van der Waals surface area contributed by atoms with Crippen molar-refractivity contribution in [1.29, 1.82) is 0 Å². The lowest BCUT2D eigenvalue weighted by Crippen LogP contribution is -2.22. The Balaban J connectivity index is 1.73. The molecule has 24 heavy (non-hydrogen) atoms. The van der Waals surface area contributed by atoms with Gasteiger partial charge in [0.15, 0.2) is 0 Å². The number of nitrogens with zero attached hydrogens (tertiary/aromatic N) is 1. The number of likely N-dealkylation sites (N-methyl/N-ethyl adjacent to an activating group) is 1. The maximum absolute atomic E-state index is 12.2. The number of rotatable bonds is 3. The zero-order valence-corrected chi connectivity index (χ0v) is 14.5. The van der Waals surface area contributed by atoms with Crippen LogP contribution < -0.4 is 5.32 Å². The van der Waals surface area contributed by atoms with E-state index in [1.54, 1.807) is 25.3 Å². The van der Waals surface area contributed by atoms with Crippen molar-refractivity contribution in [1.82, 2.24) is 4.90 Å². The summed E-state index contributed by atoms with van der Waals surface area (Å²) in [5, 5.41) is 2.83. The second-order valence-corrected chi connectivity index (χ2v) is 6.86. The standard InChI is InChI=1S/C18H14N2O2S2/c1-20-17(22)15(24-18(20)23)11-12-7-9-13(10-8-12)16(21)19-14-5-3-2-4-6-14/h2-11H,1H3,(H,19,21)/b15-11+. The molecule has 2 aromatic carbocycles. The molecular weight excluding hydrogens is 340 g/mol. The number of carbonyl (C=O) groups is 2. The van der Waals surface area contributed by atoms with E-state index in [9.17, 15) is 9.59 Å². The first-order valence-corrected chi connectivity index (χ1v) is 8.45. The van der Waals surface area contributed by atoms with Crippen LogP contribution in [0.5, 0.6) is 0 Å². The van der Waals surface area contributed by atoms with Crippen molar-refractivity contribution in [3.63, 3.8) is 0 Å². The molecule has 0 aromatic heterocycles. The number of nitrogens with one attached hydrogen (secondary N) is 1. The zero-order chi connectivity index (χ0) is 17.1. The predicted molar refractivity (Wildman–Crippen MR) is 102 cm³/mol. The van der Waals surface area contributed by atoms with E-state index in [1.165, 1.54) is 16.7 Å². The fourth-order valence-corrected chi connectivity index (χ4v) is 3.33. The van der Waals surface area contributed by atoms with Crippen LogP contribution in [0.25, 0.3) is 6.08 Å². The maximum Gasteiger partial charge on any atom is 0.265 e. The van der Waals surface area contributed by atoms with Gasteiger partial charge in [0.25, 0.3) is 11.8 Å². The number of para-hydroxylation sites is 1. The first-order chi connectivity index (χ1) is 11.5. The lowest BCUT2D eigenvalue weighted by Gasteiger charge is -2.05. The highest BCUT2D eigenvalue weighted by Gasteiger charge is 2.28. The van der Waals surface area contributed by atoms with Crippen LogP contribution in [0.2, 0.25) is 0 Å². The van der Waals surface area contributed by atoms with Gasteiger partial charge in [-0.3, -0.25) is 14.5 Å². The van der Waals surface area contributed by atoms with Gasteiger partial charge < -0.3 is 5.32 Å². The largest absolute Gasteiger partial charge is 0.322 e. The van der Waals surface area contributed by atoms with Crippen molar-refractivity contribution in [2.24, 2.45) is 0 Å². The molecule has 1 aliphatic rings. The van der Waals surface area contributed by atoms with Crippen LogP contribution in [-0.2, 0) is 4.79 Å². The summed E-state index contributed by atoms with van der Waals surface area (Å²) in [6.45, 7) is 0. The van der Waals surface area contributed by atoms with E-state index in [4.69, 9.17) is 12.2 Å². The molecule has 1 heterocycles. The van der Waals surface area contributed by atoms with Crippen molar-refractivity contribution in [3.05, 3.63) is 70.6 Å². The fraction of sp³-hybridized carbons (Fsp3) is 0.0556. The Morgan fingerprint density at radius 2 is 1.79 bits per heavy atom. The first-order valence-electron chi connectivity index (χ1n) is 7.22. The van der Waals surface area contributed by atoms with Crippen molar-refractivity contribution in [2.45, 2.75) is 0 Å². The molecule has 3 rings (SSSR count). The van der Waals surface area contributed by atoms with E-state index >= 15 is 0 Å². The van der Waals surface area contributed by atoms with E-state index < -0.39 is 0 Å². The molecule has 0 atom stereocenters. The zero-order valence-electron chi connectivity index (χ0n) is 12.9. The Bertz CT molecular complexity index is 830. The Morgan fingerprint density at radius 1 is 1.12 bits per heavy atom.